The maximum Gasteiger partial charge on any atom is 0.226 e. The summed E-state index contributed by atoms with van der Waals surface area (Å²) in [6.07, 6.45) is 1.76. The summed E-state index contributed by atoms with van der Waals surface area (Å²) in [7, 11) is 0. The molecule has 0 aliphatic rings. The second-order valence-electron chi connectivity index (χ2n) is 5.81. The molecule has 3 heterocycles. The molecule has 0 unspecified atom stereocenters. The van der Waals surface area contributed by atoms with Crippen molar-refractivity contribution in [2.45, 2.75) is 26.4 Å². The standard InChI is InChI=1S/C16H16ClN7/c1-9(2)24-8-19-13-14(22-16(17)23-15(13)24)18-7-12-20-10-5-3-4-6-11(10)21-12/h3-6,8-9H,7H2,1-2H3,(H,20,21)(H,18,22,23). The highest BCUT2D eigenvalue weighted by molar-refractivity contribution is 6.28. The van der Waals surface area contributed by atoms with Gasteiger partial charge < -0.3 is 14.9 Å². The van der Waals surface area contributed by atoms with Crippen molar-refractivity contribution in [1.29, 1.82) is 0 Å². The number of H-pyrrole nitrogens is 1. The van der Waals surface area contributed by atoms with Gasteiger partial charge in [-0.3, -0.25) is 0 Å². The number of anilines is 1. The van der Waals surface area contributed by atoms with Crippen molar-refractivity contribution in [3.8, 4) is 0 Å². The lowest BCUT2D eigenvalue weighted by Crippen LogP contribution is -2.06. The molecular weight excluding hydrogens is 326 g/mol. The second-order valence-corrected chi connectivity index (χ2v) is 6.15. The number of benzene rings is 1. The molecule has 8 heteroatoms. The van der Waals surface area contributed by atoms with E-state index in [2.05, 4.69) is 44.1 Å². The zero-order valence-electron chi connectivity index (χ0n) is 13.3. The summed E-state index contributed by atoms with van der Waals surface area (Å²) in [4.78, 5) is 20.8. The number of fused-ring (bicyclic) bond motifs is 2. The van der Waals surface area contributed by atoms with Gasteiger partial charge in [-0.05, 0) is 37.6 Å². The Balaban J connectivity index is 1.66. The molecule has 0 atom stereocenters. The Hall–Kier alpha value is -2.67. The van der Waals surface area contributed by atoms with Crippen LogP contribution in [0.1, 0.15) is 25.7 Å². The maximum absolute atomic E-state index is 6.08. The molecule has 0 amide bonds. The molecule has 2 N–H and O–H groups in total. The minimum absolute atomic E-state index is 0.192. The van der Waals surface area contributed by atoms with Crippen LogP contribution >= 0.6 is 11.6 Å². The number of hydrogen-bond donors (Lipinski definition) is 2. The number of nitrogens with zero attached hydrogens (tertiary/aromatic N) is 5. The van der Waals surface area contributed by atoms with E-state index in [4.69, 9.17) is 11.6 Å². The first-order valence-corrected chi connectivity index (χ1v) is 8.07. The molecule has 0 fully saturated rings. The van der Waals surface area contributed by atoms with Crippen molar-refractivity contribution < 1.29 is 0 Å². The van der Waals surface area contributed by atoms with E-state index in [1.807, 2.05) is 28.8 Å². The van der Waals surface area contributed by atoms with Crippen LogP contribution in [0.4, 0.5) is 5.82 Å². The van der Waals surface area contributed by atoms with Gasteiger partial charge in [-0.1, -0.05) is 12.1 Å². The summed E-state index contributed by atoms with van der Waals surface area (Å²) in [6, 6.07) is 8.15. The molecule has 0 aliphatic heterocycles. The van der Waals surface area contributed by atoms with Crippen LogP contribution in [0.5, 0.6) is 0 Å². The zero-order chi connectivity index (χ0) is 16.7. The van der Waals surface area contributed by atoms with Crippen molar-refractivity contribution >= 4 is 39.6 Å². The van der Waals surface area contributed by atoms with E-state index in [1.165, 1.54) is 0 Å². The summed E-state index contributed by atoms with van der Waals surface area (Å²) in [5, 5.41) is 3.44. The fourth-order valence-corrected chi connectivity index (χ4v) is 2.81. The number of halogens is 1. The fourth-order valence-electron chi connectivity index (χ4n) is 2.65. The van der Waals surface area contributed by atoms with E-state index in [0.29, 0.717) is 17.9 Å². The average molecular weight is 342 g/mol. The number of nitrogens with one attached hydrogen (secondary N) is 2. The van der Waals surface area contributed by atoms with Gasteiger partial charge in [0.25, 0.3) is 0 Å². The van der Waals surface area contributed by atoms with Crippen molar-refractivity contribution in [2.75, 3.05) is 5.32 Å². The Labute approximate surface area is 143 Å². The van der Waals surface area contributed by atoms with E-state index in [0.717, 1.165) is 22.5 Å². The molecule has 1 aromatic carbocycles. The molecule has 0 saturated heterocycles. The lowest BCUT2D eigenvalue weighted by atomic mass is 10.3. The Morgan fingerprint density at radius 3 is 2.83 bits per heavy atom. The third-order valence-electron chi connectivity index (χ3n) is 3.81. The van der Waals surface area contributed by atoms with E-state index in [1.54, 1.807) is 6.33 Å². The van der Waals surface area contributed by atoms with E-state index < -0.39 is 0 Å². The first kappa shape index (κ1) is 14.9. The SMILES string of the molecule is CC(C)n1cnc2c(NCc3nc4ccccc4[nH]3)nc(Cl)nc21. The third kappa shape index (κ3) is 2.56. The van der Waals surface area contributed by atoms with E-state index in [9.17, 15) is 0 Å². The topological polar surface area (TPSA) is 84.3 Å². The van der Waals surface area contributed by atoms with Gasteiger partial charge in [-0.15, -0.1) is 0 Å². The predicted molar refractivity (Wildman–Crippen MR) is 94.1 cm³/mol. The molecule has 4 aromatic rings. The minimum Gasteiger partial charge on any atom is -0.361 e. The van der Waals surface area contributed by atoms with Crippen LogP contribution in [0.25, 0.3) is 22.2 Å². The number of imidazole rings is 2. The molecule has 24 heavy (non-hydrogen) atoms. The molecule has 3 aromatic heterocycles. The second kappa shape index (κ2) is 5.76. The van der Waals surface area contributed by atoms with Crippen LogP contribution < -0.4 is 5.32 Å². The Morgan fingerprint density at radius 1 is 1.21 bits per heavy atom. The Kier molecular flexibility index (Phi) is 3.57. The minimum atomic E-state index is 0.192. The van der Waals surface area contributed by atoms with Crippen LogP contribution in [0, 0.1) is 0 Å². The van der Waals surface area contributed by atoms with Crippen LogP contribution in [-0.2, 0) is 6.54 Å². The summed E-state index contributed by atoms with van der Waals surface area (Å²) in [5.41, 5.74) is 3.36. The highest BCUT2D eigenvalue weighted by Gasteiger charge is 2.14. The van der Waals surface area contributed by atoms with Gasteiger partial charge in [0.15, 0.2) is 17.0 Å². The van der Waals surface area contributed by atoms with Crippen LogP contribution in [0.15, 0.2) is 30.6 Å². The number of hydrogen-bond acceptors (Lipinski definition) is 5. The first-order chi connectivity index (χ1) is 11.6. The van der Waals surface area contributed by atoms with Crippen LogP contribution in [0.3, 0.4) is 0 Å². The predicted octanol–water partition coefficient (Wildman–Crippen LogP) is 3.55. The van der Waals surface area contributed by atoms with Gasteiger partial charge in [0.1, 0.15) is 5.82 Å². The summed E-state index contributed by atoms with van der Waals surface area (Å²) >= 11 is 6.08. The number of para-hydroxylation sites is 2. The molecule has 0 spiro atoms. The van der Waals surface area contributed by atoms with Crippen molar-refractivity contribution in [3.05, 3.63) is 41.7 Å². The van der Waals surface area contributed by atoms with E-state index >= 15 is 0 Å². The van der Waals surface area contributed by atoms with Gasteiger partial charge >= 0.3 is 0 Å². The third-order valence-corrected chi connectivity index (χ3v) is 3.98. The molecule has 4 rings (SSSR count). The highest BCUT2D eigenvalue weighted by Crippen LogP contribution is 2.23. The molecule has 0 saturated carbocycles. The quantitative estimate of drug-likeness (QED) is 0.554. The van der Waals surface area contributed by atoms with Crippen molar-refractivity contribution in [1.82, 2.24) is 29.5 Å². The Bertz CT molecular complexity index is 985. The number of aromatic amines is 1. The normalized spacial score (nSPS) is 11.7. The monoisotopic (exact) mass is 341 g/mol. The summed E-state index contributed by atoms with van der Waals surface area (Å²) < 4.78 is 1.97. The molecule has 122 valence electrons. The molecule has 0 bridgehead atoms. The number of aromatic nitrogens is 6. The van der Waals surface area contributed by atoms with Gasteiger partial charge in [0.2, 0.25) is 5.28 Å². The summed E-state index contributed by atoms with van der Waals surface area (Å²) in [6.45, 7) is 4.63. The lowest BCUT2D eigenvalue weighted by molar-refractivity contribution is 0.612. The van der Waals surface area contributed by atoms with Crippen molar-refractivity contribution in [3.63, 3.8) is 0 Å². The van der Waals surface area contributed by atoms with Crippen LogP contribution in [-0.4, -0.2) is 29.5 Å². The van der Waals surface area contributed by atoms with E-state index in [-0.39, 0.29) is 11.3 Å². The Morgan fingerprint density at radius 2 is 2.04 bits per heavy atom. The first-order valence-electron chi connectivity index (χ1n) is 7.69. The van der Waals surface area contributed by atoms with Gasteiger partial charge in [-0.2, -0.15) is 9.97 Å². The fraction of sp³-hybridized carbons (Fsp3) is 0.250. The zero-order valence-corrected chi connectivity index (χ0v) is 14.0. The summed E-state index contributed by atoms with van der Waals surface area (Å²) in [5.74, 6) is 1.42. The van der Waals surface area contributed by atoms with Gasteiger partial charge in [0, 0.05) is 6.04 Å². The smallest absolute Gasteiger partial charge is 0.226 e. The number of rotatable bonds is 4. The van der Waals surface area contributed by atoms with Gasteiger partial charge in [0.05, 0.1) is 23.9 Å². The van der Waals surface area contributed by atoms with Gasteiger partial charge in [-0.25, -0.2) is 9.97 Å². The molecule has 0 aliphatic carbocycles. The average Bonchev–Trinajstić information content (AvgIpc) is 3.15. The maximum atomic E-state index is 6.08. The largest absolute Gasteiger partial charge is 0.361 e. The molecular formula is C16H16ClN7. The van der Waals surface area contributed by atoms with Crippen molar-refractivity contribution in [2.24, 2.45) is 0 Å². The molecule has 0 radical (unpaired) electrons. The molecule has 7 nitrogen and oxygen atoms in total. The van der Waals surface area contributed by atoms with Crippen LogP contribution in [0.2, 0.25) is 5.28 Å². The lowest BCUT2D eigenvalue weighted by Gasteiger charge is -2.08. The highest BCUT2D eigenvalue weighted by atomic mass is 35.5.